The second-order valence-corrected chi connectivity index (χ2v) is 20.7. The molecule has 0 aliphatic heterocycles. The van der Waals surface area contributed by atoms with E-state index >= 15 is 0 Å². The Kier molecular flexibility index (Phi) is 10.5. The maximum absolute atomic E-state index is 2.38. The number of unbranched alkanes of at least 4 members (excludes halogenated alkanes) is 4. The van der Waals surface area contributed by atoms with Gasteiger partial charge in [0.2, 0.25) is 0 Å². The molecule has 0 aliphatic rings. The topological polar surface area (TPSA) is 0 Å². The van der Waals surface area contributed by atoms with E-state index in [9.17, 15) is 0 Å². The van der Waals surface area contributed by atoms with Crippen LogP contribution in [0.3, 0.4) is 0 Å². The van der Waals surface area contributed by atoms with Gasteiger partial charge in [0.05, 0.1) is 0 Å². The molecule has 0 spiro atoms. The first kappa shape index (κ1) is 19.1. The molecule has 0 atom stereocenters. The summed E-state index contributed by atoms with van der Waals surface area (Å²) in [4.78, 5) is 0. The van der Waals surface area contributed by atoms with Gasteiger partial charge in [-0.3, -0.25) is 0 Å². The minimum absolute atomic E-state index is 1.37. The molecular weight excluding hydrogens is 359 g/mol. The zero-order valence-electron chi connectivity index (χ0n) is 14.7. The fraction of sp³-hybridized carbons (Fsp3) is 0.700. The van der Waals surface area contributed by atoms with Gasteiger partial charge in [-0.1, -0.05) is 0 Å². The van der Waals surface area contributed by atoms with E-state index < -0.39 is 18.4 Å². The van der Waals surface area contributed by atoms with Gasteiger partial charge in [0, 0.05) is 0 Å². The number of hydrogen-bond donors (Lipinski definition) is 0. The van der Waals surface area contributed by atoms with Crippen LogP contribution in [0.2, 0.25) is 13.3 Å². The molecule has 0 amide bonds. The second-order valence-electron chi connectivity index (χ2n) is 6.83. The molecule has 1 heteroatoms. The fourth-order valence-electron chi connectivity index (χ4n) is 3.52. The first-order valence-electron chi connectivity index (χ1n) is 9.30. The molecule has 0 N–H and O–H groups in total. The number of benzene rings is 1. The molecular formula is C20H36Sn. The first-order chi connectivity index (χ1) is 10.3. The van der Waals surface area contributed by atoms with Crippen LogP contribution in [0, 0.1) is 0 Å². The van der Waals surface area contributed by atoms with E-state index in [2.05, 4.69) is 51.1 Å². The van der Waals surface area contributed by atoms with Crippen LogP contribution in [0.1, 0.15) is 71.3 Å². The van der Waals surface area contributed by atoms with Gasteiger partial charge < -0.3 is 0 Å². The fourth-order valence-corrected chi connectivity index (χ4v) is 19.5. The van der Waals surface area contributed by atoms with Gasteiger partial charge in [0.25, 0.3) is 0 Å². The Hall–Kier alpha value is 0.0187. The molecule has 0 aliphatic carbocycles. The summed E-state index contributed by atoms with van der Waals surface area (Å²) < 4.78 is 6.39. The zero-order chi connectivity index (χ0) is 15.4. The van der Waals surface area contributed by atoms with Gasteiger partial charge in [-0.15, -0.1) is 0 Å². The van der Waals surface area contributed by atoms with Crippen molar-refractivity contribution in [2.24, 2.45) is 0 Å². The zero-order valence-corrected chi connectivity index (χ0v) is 17.5. The third-order valence-corrected chi connectivity index (χ3v) is 20.3. The van der Waals surface area contributed by atoms with Crippen molar-refractivity contribution in [2.45, 2.75) is 83.5 Å². The number of rotatable bonds is 12. The Morgan fingerprint density at radius 2 is 1.19 bits per heavy atom. The van der Waals surface area contributed by atoms with E-state index in [0.717, 1.165) is 0 Å². The van der Waals surface area contributed by atoms with E-state index in [1.54, 1.807) is 18.9 Å². The molecule has 0 aromatic heterocycles. The van der Waals surface area contributed by atoms with E-state index in [-0.39, 0.29) is 0 Å². The summed E-state index contributed by atoms with van der Waals surface area (Å²) >= 11 is -1.97. The van der Waals surface area contributed by atoms with Gasteiger partial charge in [0.15, 0.2) is 0 Å². The van der Waals surface area contributed by atoms with Crippen LogP contribution < -0.4 is 0 Å². The predicted octanol–water partition coefficient (Wildman–Crippen LogP) is 7.01. The monoisotopic (exact) mass is 396 g/mol. The quantitative estimate of drug-likeness (QED) is 0.264. The molecule has 0 heterocycles. The van der Waals surface area contributed by atoms with E-state index in [1.165, 1.54) is 49.4 Å². The average molecular weight is 395 g/mol. The molecule has 1 rings (SSSR count). The van der Waals surface area contributed by atoms with Crippen LogP contribution in [0.25, 0.3) is 0 Å². The van der Waals surface area contributed by atoms with Crippen LogP contribution in [0.15, 0.2) is 30.3 Å². The summed E-state index contributed by atoms with van der Waals surface area (Å²) in [6.45, 7) is 7.07. The second kappa shape index (κ2) is 11.6. The maximum atomic E-state index is 2.38. The summed E-state index contributed by atoms with van der Waals surface area (Å²) in [6.07, 6.45) is 10.1. The molecule has 0 bridgehead atoms. The van der Waals surface area contributed by atoms with Crippen molar-refractivity contribution >= 4 is 18.4 Å². The Morgan fingerprint density at radius 1 is 0.667 bits per heavy atom. The molecule has 1 aromatic carbocycles. The van der Waals surface area contributed by atoms with Crippen molar-refractivity contribution in [3.05, 3.63) is 35.9 Å². The molecule has 0 fully saturated rings. The Labute approximate surface area is 137 Å². The normalized spacial score (nSPS) is 11.8. The van der Waals surface area contributed by atoms with Gasteiger partial charge in [-0.05, 0) is 0 Å². The van der Waals surface area contributed by atoms with Gasteiger partial charge >= 0.3 is 138 Å². The van der Waals surface area contributed by atoms with E-state index in [1.807, 2.05) is 0 Å². The molecule has 0 saturated heterocycles. The van der Waals surface area contributed by atoms with E-state index in [0.29, 0.717) is 0 Å². The van der Waals surface area contributed by atoms with Crippen LogP contribution in [-0.4, -0.2) is 18.4 Å². The van der Waals surface area contributed by atoms with Crippen LogP contribution in [-0.2, 0) is 4.44 Å². The van der Waals surface area contributed by atoms with Crippen molar-refractivity contribution < 1.29 is 0 Å². The summed E-state index contributed by atoms with van der Waals surface area (Å²) in [5.41, 5.74) is 1.64. The molecule has 1 aromatic rings. The standard InChI is InChI=1S/C7H7.C5H11.2C4H9.Sn/c1-7-5-3-2-4-6-7;1-3-5-4-2;2*1-3-4-2;/h2-6H,1H2;1,3-5H2,2H3;2*1,3-4H2,2H3;. The predicted molar refractivity (Wildman–Crippen MR) is 99.7 cm³/mol. The van der Waals surface area contributed by atoms with Crippen molar-refractivity contribution in [3.8, 4) is 0 Å². The first-order valence-corrected chi connectivity index (χ1v) is 17.4. The SMILES string of the molecule is CCCC[CH2][Sn]([CH2]CCC)([CH2]CCC)[CH2]c1ccccc1. The van der Waals surface area contributed by atoms with Gasteiger partial charge in [0.1, 0.15) is 0 Å². The molecule has 21 heavy (non-hydrogen) atoms. The molecule has 0 radical (unpaired) electrons. The summed E-state index contributed by atoms with van der Waals surface area (Å²) in [6, 6.07) is 11.4. The van der Waals surface area contributed by atoms with E-state index in [4.69, 9.17) is 0 Å². The van der Waals surface area contributed by atoms with Crippen LogP contribution in [0.5, 0.6) is 0 Å². The van der Waals surface area contributed by atoms with Crippen molar-refractivity contribution in [3.63, 3.8) is 0 Å². The molecule has 0 saturated carbocycles. The molecule has 0 unspecified atom stereocenters. The Balaban J connectivity index is 2.79. The van der Waals surface area contributed by atoms with Gasteiger partial charge in [-0.25, -0.2) is 0 Å². The van der Waals surface area contributed by atoms with Crippen LogP contribution in [0.4, 0.5) is 0 Å². The Morgan fingerprint density at radius 3 is 1.71 bits per heavy atom. The third-order valence-electron chi connectivity index (χ3n) is 4.85. The van der Waals surface area contributed by atoms with Crippen LogP contribution >= 0.6 is 0 Å². The minimum atomic E-state index is -1.97. The molecule has 0 nitrogen and oxygen atoms in total. The van der Waals surface area contributed by atoms with Crippen molar-refractivity contribution in [1.29, 1.82) is 0 Å². The van der Waals surface area contributed by atoms with Crippen molar-refractivity contribution in [2.75, 3.05) is 0 Å². The number of hydrogen-bond acceptors (Lipinski definition) is 0. The summed E-state index contributed by atoms with van der Waals surface area (Å²) in [7, 11) is 0. The molecule has 120 valence electrons. The third kappa shape index (κ3) is 7.72. The van der Waals surface area contributed by atoms with Crippen molar-refractivity contribution in [1.82, 2.24) is 0 Å². The summed E-state index contributed by atoms with van der Waals surface area (Å²) in [5, 5.41) is 0. The Bertz CT molecular complexity index is 336. The summed E-state index contributed by atoms with van der Waals surface area (Å²) in [5.74, 6) is 0. The van der Waals surface area contributed by atoms with Gasteiger partial charge in [-0.2, -0.15) is 0 Å². The average Bonchev–Trinajstić information content (AvgIpc) is 2.52.